The summed E-state index contributed by atoms with van der Waals surface area (Å²) in [7, 11) is 0. The lowest BCUT2D eigenvalue weighted by Gasteiger charge is -2.06. The van der Waals surface area contributed by atoms with Crippen molar-refractivity contribution in [3.63, 3.8) is 0 Å². The third-order valence-electron chi connectivity index (χ3n) is 1.13. The van der Waals surface area contributed by atoms with E-state index < -0.39 is 12.1 Å². The zero-order valence-corrected chi connectivity index (χ0v) is 5.57. The number of nitrogens with zero attached hydrogens (tertiary/aromatic N) is 3. The summed E-state index contributed by atoms with van der Waals surface area (Å²) in [5.41, 5.74) is 0. The molecule has 0 unspecified atom stereocenters. The van der Waals surface area contributed by atoms with Gasteiger partial charge in [0.1, 0.15) is 0 Å². The number of urea groups is 2. The van der Waals surface area contributed by atoms with Gasteiger partial charge in [-0.15, -0.1) is 0 Å². The number of rotatable bonds is 2. The molecule has 0 aromatic rings. The van der Waals surface area contributed by atoms with Crippen molar-refractivity contribution in [3.8, 4) is 0 Å². The predicted molar refractivity (Wildman–Crippen MR) is 32.6 cm³/mol. The summed E-state index contributed by atoms with van der Waals surface area (Å²) in [6.07, 6.45) is 0.739. The molecule has 4 amide bonds. The molecule has 1 aliphatic heterocycles. The second kappa shape index (κ2) is 2.55. The highest BCUT2D eigenvalue weighted by Crippen LogP contribution is 2.06. The van der Waals surface area contributed by atoms with E-state index in [1.807, 2.05) is 6.92 Å². The van der Waals surface area contributed by atoms with Crippen LogP contribution in [0.4, 0.5) is 9.59 Å². The molecule has 0 radical (unpaired) electrons. The molecule has 0 saturated carbocycles. The smallest absolute Gasteiger partial charge is 0.244 e. The highest BCUT2D eigenvalue weighted by atomic mass is 16.2. The van der Waals surface area contributed by atoms with Crippen molar-refractivity contribution in [3.05, 3.63) is 0 Å². The number of carbonyl (C=O) groups excluding carboxylic acids is 2. The van der Waals surface area contributed by atoms with Gasteiger partial charge >= 0.3 is 12.1 Å². The van der Waals surface area contributed by atoms with Crippen molar-refractivity contribution < 1.29 is 9.59 Å². The third kappa shape index (κ3) is 1.02. The highest BCUT2D eigenvalue weighted by molar-refractivity contribution is 5.98. The maximum atomic E-state index is 10.6. The first-order valence-electron chi connectivity index (χ1n) is 3.03. The van der Waals surface area contributed by atoms with Crippen LogP contribution in [0.1, 0.15) is 13.3 Å². The van der Waals surface area contributed by atoms with E-state index in [9.17, 15) is 9.59 Å². The molecule has 0 spiro atoms. The van der Waals surface area contributed by atoms with Gasteiger partial charge in [-0.25, -0.2) is 14.5 Å². The fraction of sp³-hybridized carbons (Fsp3) is 0.600. The Hall–Kier alpha value is -1.26. The molecule has 0 aromatic carbocycles. The van der Waals surface area contributed by atoms with Gasteiger partial charge in [-0.05, 0) is 6.42 Å². The van der Waals surface area contributed by atoms with Crippen LogP contribution in [-0.4, -0.2) is 23.5 Å². The number of hydrogen-bond donors (Lipinski definition) is 0. The van der Waals surface area contributed by atoms with Crippen LogP contribution in [-0.2, 0) is 0 Å². The quantitative estimate of drug-likeness (QED) is 0.583. The van der Waals surface area contributed by atoms with Gasteiger partial charge in [0.15, 0.2) is 0 Å². The molecule has 0 fully saturated rings. The van der Waals surface area contributed by atoms with Crippen LogP contribution in [0.2, 0.25) is 0 Å². The van der Waals surface area contributed by atoms with Crippen molar-refractivity contribution in [1.29, 1.82) is 0 Å². The monoisotopic (exact) mass is 141 g/mol. The summed E-state index contributed by atoms with van der Waals surface area (Å²) < 4.78 is 0. The van der Waals surface area contributed by atoms with E-state index in [4.69, 9.17) is 0 Å². The van der Waals surface area contributed by atoms with E-state index in [0.717, 1.165) is 11.3 Å². The zero-order valence-electron chi connectivity index (χ0n) is 5.57. The molecular weight excluding hydrogens is 134 g/mol. The molecule has 0 bridgehead atoms. The average Bonchev–Trinajstić information content (AvgIpc) is 2.20. The van der Waals surface area contributed by atoms with Crippen LogP contribution in [0.25, 0.3) is 0 Å². The summed E-state index contributed by atoms with van der Waals surface area (Å²) in [5.74, 6) is 0. The molecule has 54 valence electrons. The molecule has 10 heavy (non-hydrogen) atoms. The first-order valence-corrected chi connectivity index (χ1v) is 3.03. The lowest BCUT2D eigenvalue weighted by molar-refractivity contribution is 0.205. The predicted octanol–water partition coefficient (Wildman–Crippen LogP) is 1.40. The van der Waals surface area contributed by atoms with Crippen LogP contribution in [0.5, 0.6) is 0 Å². The van der Waals surface area contributed by atoms with Gasteiger partial charge in [0.05, 0.1) is 0 Å². The fourth-order valence-corrected chi connectivity index (χ4v) is 0.690. The number of amides is 4. The van der Waals surface area contributed by atoms with Crippen LogP contribution < -0.4 is 0 Å². The first kappa shape index (κ1) is 6.85. The molecule has 1 aliphatic rings. The molecule has 0 N–H and O–H groups in total. The molecule has 0 aliphatic carbocycles. The van der Waals surface area contributed by atoms with Gasteiger partial charge in [0.25, 0.3) is 0 Å². The molecule has 0 atom stereocenters. The Balaban J connectivity index is 2.60. The topological polar surface area (TPSA) is 62.1 Å². The normalized spacial score (nSPS) is 17.1. The largest absolute Gasteiger partial charge is 0.370 e. The standard InChI is InChI=1S/C5H7N3O2/c1-2-3-8-4(9)6-7-5(8)10/h2-3H2,1H3. The maximum Gasteiger partial charge on any atom is 0.370 e. The minimum atomic E-state index is -0.549. The second-order valence-electron chi connectivity index (χ2n) is 1.92. The zero-order chi connectivity index (χ0) is 7.56. The number of imide groups is 1. The molecule has 5 heteroatoms. The van der Waals surface area contributed by atoms with Gasteiger partial charge < -0.3 is 0 Å². The van der Waals surface area contributed by atoms with E-state index in [0.29, 0.717) is 6.54 Å². The Morgan fingerprint density at radius 3 is 2.20 bits per heavy atom. The minimum Gasteiger partial charge on any atom is -0.244 e. The molecule has 0 saturated heterocycles. The van der Waals surface area contributed by atoms with Crippen LogP contribution >= 0.6 is 0 Å². The SMILES string of the molecule is CCCN1C(=O)N=NC1=O. The summed E-state index contributed by atoms with van der Waals surface area (Å²) in [6, 6.07) is -1.10. The van der Waals surface area contributed by atoms with Crippen molar-refractivity contribution >= 4 is 12.1 Å². The van der Waals surface area contributed by atoms with Gasteiger partial charge in [-0.1, -0.05) is 17.2 Å². The Morgan fingerprint density at radius 1 is 1.30 bits per heavy atom. The van der Waals surface area contributed by atoms with Crippen LogP contribution in [0, 0.1) is 0 Å². The van der Waals surface area contributed by atoms with E-state index in [1.165, 1.54) is 0 Å². The molecular formula is C5H7N3O2. The van der Waals surface area contributed by atoms with Gasteiger partial charge in [0, 0.05) is 6.54 Å². The number of azo groups is 1. The van der Waals surface area contributed by atoms with Crippen molar-refractivity contribution in [1.82, 2.24) is 4.90 Å². The van der Waals surface area contributed by atoms with E-state index in [1.54, 1.807) is 0 Å². The Kier molecular flexibility index (Phi) is 1.75. The van der Waals surface area contributed by atoms with E-state index in [-0.39, 0.29) is 0 Å². The lowest BCUT2D eigenvalue weighted by atomic mass is 10.4. The molecule has 1 rings (SSSR count). The van der Waals surface area contributed by atoms with Crippen molar-refractivity contribution in [2.24, 2.45) is 10.2 Å². The Morgan fingerprint density at radius 2 is 1.80 bits per heavy atom. The Labute approximate surface area is 57.7 Å². The molecule has 5 nitrogen and oxygen atoms in total. The van der Waals surface area contributed by atoms with Gasteiger partial charge in [0.2, 0.25) is 0 Å². The summed E-state index contributed by atoms with van der Waals surface area (Å²) in [5, 5.41) is 6.16. The molecule has 0 aromatic heterocycles. The Bertz CT molecular complexity index is 181. The van der Waals surface area contributed by atoms with Crippen molar-refractivity contribution in [2.45, 2.75) is 13.3 Å². The number of hydrogen-bond acceptors (Lipinski definition) is 2. The fourth-order valence-electron chi connectivity index (χ4n) is 0.690. The summed E-state index contributed by atoms with van der Waals surface area (Å²) in [6.45, 7) is 2.28. The summed E-state index contributed by atoms with van der Waals surface area (Å²) >= 11 is 0. The average molecular weight is 141 g/mol. The molecule has 1 heterocycles. The summed E-state index contributed by atoms with van der Waals surface area (Å²) in [4.78, 5) is 22.3. The van der Waals surface area contributed by atoms with Crippen LogP contribution in [0.3, 0.4) is 0 Å². The van der Waals surface area contributed by atoms with E-state index >= 15 is 0 Å². The van der Waals surface area contributed by atoms with Gasteiger partial charge in [-0.2, -0.15) is 0 Å². The van der Waals surface area contributed by atoms with Crippen molar-refractivity contribution in [2.75, 3.05) is 6.54 Å². The number of carbonyl (C=O) groups is 2. The third-order valence-corrected chi connectivity index (χ3v) is 1.13. The highest BCUT2D eigenvalue weighted by Gasteiger charge is 2.25. The van der Waals surface area contributed by atoms with Gasteiger partial charge in [-0.3, -0.25) is 0 Å². The van der Waals surface area contributed by atoms with Crippen LogP contribution in [0.15, 0.2) is 10.2 Å². The van der Waals surface area contributed by atoms with E-state index in [2.05, 4.69) is 10.2 Å². The maximum absolute atomic E-state index is 10.6. The lowest BCUT2D eigenvalue weighted by Crippen LogP contribution is -2.28. The minimum absolute atomic E-state index is 0.407. The first-order chi connectivity index (χ1) is 4.75. The second-order valence-corrected chi connectivity index (χ2v) is 1.92.